The van der Waals surface area contributed by atoms with Crippen LogP contribution in [-0.2, 0) is 9.47 Å². The third-order valence-electron chi connectivity index (χ3n) is 2.00. The van der Waals surface area contributed by atoms with Crippen molar-refractivity contribution in [2.45, 2.75) is 45.1 Å². The average Bonchev–Trinajstić information content (AvgIpc) is 2.24. The topological polar surface area (TPSA) is 54.6 Å². The zero-order chi connectivity index (χ0) is 10.2. The summed E-state index contributed by atoms with van der Waals surface area (Å²) in [4.78, 5) is 4.11. The summed E-state index contributed by atoms with van der Waals surface area (Å²) in [5.41, 5.74) is 0. The Hall–Kier alpha value is -0.920. The molecule has 1 fully saturated rings. The third-order valence-corrected chi connectivity index (χ3v) is 2.00. The largest absolute Gasteiger partial charge is 0.334 e. The fraction of sp³-hybridized carbons (Fsp3) is 0.800. The second kappa shape index (κ2) is 6.52. The first-order valence-corrected chi connectivity index (χ1v) is 5.02. The molecule has 2 atom stereocenters. The van der Waals surface area contributed by atoms with Gasteiger partial charge in [-0.3, -0.25) is 0 Å². The van der Waals surface area contributed by atoms with Crippen LogP contribution in [0.2, 0.25) is 0 Å². The highest BCUT2D eigenvalue weighted by Crippen LogP contribution is 2.16. The van der Waals surface area contributed by atoms with Gasteiger partial charge in [-0.15, -0.1) is 0 Å². The van der Waals surface area contributed by atoms with Crippen LogP contribution in [0.4, 0.5) is 0 Å². The smallest absolute Gasteiger partial charge is 0.258 e. The fourth-order valence-electron chi connectivity index (χ4n) is 1.28. The van der Waals surface area contributed by atoms with E-state index in [9.17, 15) is 0 Å². The maximum atomic E-state index is 8.44. The van der Waals surface area contributed by atoms with Gasteiger partial charge >= 0.3 is 0 Å². The zero-order valence-electron chi connectivity index (χ0n) is 8.48. The Bertz CT molecular complexity index is 223. The summed E-state index contributed by atoms with van der Waals surface area (Å²) >= 11 is 0. The minimum atomic E-state index is -0.451. The van der Waals surface area contributed by atoms with Gasteiger partial charge in [0.15, 0.2) is 0 Å². The van der Waals surface area contributed by atoms with E-state index in [1.54, 1.807) is 6.21 Å². The molecule has 1 aliphatic heterocycles. The first-order chi connectivity index (χ1) is 6.86. The second-order valence-electron chi connectivity index (χ2n) is 3.16. The molecule has 0 saturated carbocycles. The lowest BCUT2D eigenvalue weighted by Crippen LogP contribution is -2.31. The highest BCUT2D eigenvalue weighted by Gasteiger charge is 2.21. The summed E-state index contributed by atoms with van der Waals surface area (Å²) in [5.74, 6) is 0. The summed E-state index contributed by atoms with van der Waals surface area (Å²) in [5, 5.41) is 8.44. The molecule has 1 rings (SSSR count). The average molecular weight is 196 g/mol. The van der Waals surface area contributed by atoms with Gasteiger partial charge in [-0.2, -0.15) is 5.26 Å². The van der Waals surface area contributed by atoms with E-state index in [1.165, 1.54) is 0 Å². The Labute approximate surface area is 84.5 Å². The van der Waals surface area contributed by atoms with Gasteiger partial charge in [0.1, 0.15) is 0 Å². The number of nitriles is 1. The Balaban J connectivity index is 2.29. The molecule has 4 nitrogen and oxygen atoms in total. The summed E-state index contributed by atoms with van der Waals surface area (Å²) in [6, 6.07) is 2.11. The molecule has 0 spiro atoms. The Morgan fingerprint density at radius 3 is 3.21 bits per heavy atom. The molecule has 14 heavy (non-hydrogen) atoms. The van der Waals surface area contributed by atoms with Crippen molar-refractivity contribution in [2.75, 3.05) is 6.61 Å². The second-order valence-corrected chi connectivity index (χ2v) is 3.16. The Morgan fingerprint density at radius 1 is 1.64 bits per heavy atom. The van der Waals surface area contributed by atoms with Gasteiger partial charge < -0.3 is 9.47 Å². The van der Waals surface area contributed by atoms with E-state index in [2.05, 4.69) is 11.1 Å². The zero-order valence-corrected chi connectivity index (χ0v) is 8.48. The van der Waals surface area contributed by atoms with E-state index in [0.29, 0.717) is 13.0 Å². The van der Waals surface area contributed by atoms with Crippen LogP contribution < -0.4 is 0 Å². The van der Waals surface area contributed by atoms with E-state index in [1.807, 2.05) is 6.92 Å². The summed E-state index contributed by atoms with van der Waals surface area (Å²) in [6.45, 7) is 2.68. The molecule has 0 aromatic rings. The molecule has 0 N–H and O–H groups in total. The summed E-state index contributed by atoms with van der Waals surface area (Å²) in [6.07, 6.45) is 4.52. The van der Waals surface area contributed by atoms with Gasteiger partial charge in [-0.1, -0.05) is 6.92 Å². The van der Waals surface area contributed by atoms with Crippen molar-refractivity contribution < 1.29 is 9.47 Å². The summed E-state index contributed by atoms with van der Waals surface area (Å²) < 4.78 is 10.8. The maximum absolute atomic E-state index is 8.44. The van der Waals surface area contributed by atoms with Crippen LogP contribution in [0.15, 0.2) is 4.99 Å². The van der Waals surface area contributed by atoms with Crippen LogP contribution in [0.25, 0.3) is 0 Å². The molecule has 0 bridgehead atoms. The normalized spacial score (nSPS) is 27.7. The van der Waals surface area contributed by atoms with Gasteiger partial charge in [0, 0.05) is 12.6 Å². The predicted octanol–water partition coefficient (Wildman–Crippen LogP) is 1.86. The molecule has 1 heterocycles. The van der Waals surface area contributed by atoms with Crippen LogP contribution in [-0.4, -0.2) is 25.3 Å². The lowest BCUT2D eigenvalue weighted by atomic mass is 10.1. The number of hydrogen-bond acceptors (Lipinski definition) is 4. The minimum Gasteiger partial charge on any atom is -0.334 e. The number of aliphatic imine (C=N–C) groups is 1. The van der Waals surface area contributed by atoms with Crippen molar-refractivity contribution in [3.8, 4) is 6.07 Å². The van der Waals surface area contributed by atoms with Crippen LogP contribution in [0.3, 0.4) is 0 Å². The molecule has 78 valence electrons. The molecule has 2 unspecified atom stereocenters. The van der Waals surface area contributed by atoms with E-state index < -0.39 is 6.41 Å². The van der Waals surface area contributed by atoms with Crippen molar-refractivity contribution in [3.05, 3.63) is 0 Å². The van der Waals surface area contributed by atoms with Crippen molar-refractivity contribution >= 4 is 6.21 Å². The fourth-order valence-corrected chi connectivity index (χ4v) is 1.28. The number of hydrogen-bond donors (Lipinski definition) is 0. The SMILES string of the molecule is CC/C=N/C1OCCC(CCC#N)O1. The predicted molar refractivity (Wildman–Crippen MR) is 52.9 cm³/mol. The molecule has 0 aromatic carbocycles. The van der Waals surface area contributed by atoms with Crippen LogP contribution in [0.1, 0.15) is 32.6 Å². The molecular weight excluding hydrogens is 180 g/mol. The van der Waals surface area contributed by atoms with Gasteiger partial charge in [-0.05, 0) is 19.3 Å². The molecule has 0 amide bonds. The van der Waals surface area contributed by atoms with Crippen LogP contribution in [0.5, 0.6) is 0 Å². The standard InChI is InChI=1S/C10H16N2O2/c1-2-7-12-10-13-8-5-9(14-10)4-3-6-11/h7,9-10H,2-5,8H2,1H3/b12-7+. The van der Waals surface area contributed by atoms with E-state index >= 15 is 0 Å². The van der Waals surface area contributed by atoms with Gasteiger partial charge in [0.2, 0.25) is 0 Å². The maximum Gasteiger partial charge on any atom is 0.258 e. The number of nitrogens with zero attached hydrogens (tertiary/aromatic N) is 2. The minimum absolute atomic E-state index is 0.127. The van der Waals surface area contributed by atoms with E-state index in [0.717, 1.165) is 19.3 Å². The first kappa shape index (κ1) is 11.2. The molecule has 4 heteroatoms. The van der Waals surface area contributed by atoms with Crippen molar-refractivity contribution in [1.82, 2.24) is 0 Å². The highest BCUT2D eigenvalue weighted by atomic mass is 16.7. The van der Waals surface area contributed by atoms with E-state index in [4.69, 9.17) is 14.7 Å². The van der Waals surface area contributed by atoms with Gasteiger partial charge in [0.05, 0.1) is 18.8 Å². The van der Waals surface area contributed by atoms with Crippen LogP contribution in [0, 0.1) is 11.3 Å². The van der Waals surface area contributed by atoms with Gasteiger partial charge in [0.25, 0.3) is 6.41 Å². The lowest BCUT2D eigenvalue weighted by molar-refractivity contribution is -0.207. The first-order valence-electron chi connectivity index (χ1n) is 5.02. The number of ether oxygens (including phenoxy) is 2. The molecule has 1 aliphatic rings. The Morgan fingerprint density at radius 2 is 2.50 bits per heavy atom. The van der Waals surface area contributed by atoms with Crippen molar-refractivity contribution in [2.24, 2.45) is 4.99 Å². The highest BCUT2D eigenvalue weighted by molar-refractivity contribution is 5.56. The van der Waals surface area contributed by atoms with Gasteiger partial charge in [-0.25, -0.2) is 4.99 Å². The molecule has 0 aromatic heterocycles. The quantitative estimate of drug-likeness (QED) is 0.645. The molecule has 0 aliphatic carbocycles. The lowest BCUT2D eigenvalue weighted by Gasteiger charge is -2.27. The monoisotopic (exact) mass is 196 g/mol. The number of rotatable bonds is 4. The third kappa shape index (κ3) is 3.86. The molecule has 1 saturated heterocycles. The molecule has 0 radical (unpaired) electrons. The van der Waals surface area contributed by atoms with Crippen molar-refractivity contribution in [1.29, 1.82) is 5.26 Å². The Kier molecular flexibility index (Phi) is 5.20. The van der Waals surface area contributed by atoms with Crippen molar-refractivity contribution in [3.63, 3.8) is 0 Å². The van der Waals surface area contributed by atoms with Crippen LogP contribution >= 0.6 is 0 Å². The summed E-state index contributed by atoms with van der Waals surface area (Å²) in [7, 11) is 0. The van der Waals surface area contributed by atoms with E-state index in [-0.39, 0.29) is 6.10 Å². The molecular formula is C10H16N2O2.